The van der Waals surface area contributed by atoms with E-state index in [9.17, 15) is 21.6 Å². The molecule has 0 bridgehead atoms. The van der Waals surface area contributed by atoms with Crippen LogP contribution in [0.1, 0.15) is 35.4 Å². The standard InChI is InChI=1S/C27H24Cl2F3N5O2S/c28-19-6-1-16(2-7-19)24(17-3-8-20(29)9-4-17)18-5-10-23-22(15-18)25(36-26(33)35-23)34-21-11-13-37(14-12-21)40(38,39)27(30,31)32/h1-10,15,21,24H,11-14H2,(H3,33,34,35,36). The van der Waals surface area contributed by atoms with E-state index in [1.165, 1.54) is 0 Å². The van der Waals surface area contributed by atoms with Crippen molar-refractivity contribution in [2.45, 2.75) is 30.3 Å². The molecule has 40 heavy (non-hydrogen) atoms. The number of nitrogens with one attached hydrogen (secondary N) is 1. The first-order valence-corrected chi connectivity index (χ1v) is 14.5. The Kier molecular flexibility index (Phi) is 7.84. The predicted octanol–water partition coefficient (Wildman–Crippen LogP) is 6.42. The largest absolute Gasteiger partial charge is 0.511 e. The molecule has 2 heterocycles. The summed E-state index contributed by atoms with van der Waals surface area (Å²) in [5, 5.41) is 5.16. The van der Waals surface area contributed by atoms with E-state index >= 15 is 0 Å². The van der Waals surface area contributed by atoms with Crippen LogP contribution in [-0.2, 0) is 10.0 Å². The van der Waals surface area contributed by atoms with E-state index in [2.05, 4.69) is 15.3 Å². The number of hydrogen-bond acceptors (Lipinski definition) is 6. The van der Waals surface area contributed by atoms with Crippen molar-refractivity contribution in [2.24, 2.45) is 0 Å². The molecule has 3 aromatic carbocycles. The van der Waals surface area contributed by atoms with Crippen molar-refractivity contribution in [3.63, 3.8) is 0 Å². The summed E-state index contributed by atoms with van der Waals surface area (Å²) in [5.41, 5.74) is 4.14. The summed E-state index contributed by atoms with van der Waals surface area (Å²) in [7, 11) is -5.37. The molecule has 0 saturated carbocycles. The molecule has 0 amide bonds. The fraction of sp³-hybridized carbons (Fsp3) is 0.259. The molecule has 0 aliphatic carbocycles. The second-order valence-electron chi connectivity index (χ2n) is 9.51. The first-order valence-electron chi connectivity index (χ1n) is 12.3. The summed E-state index contributed by atoms with van der Waals surface area (Å²) < 4.78 is 63.0. The van der Waals surface area contributed by atoms with Crippen LogP contribution in [-0.4, -0.2) is 47.3 Å². The first kappa shape index (κ1) is 28.4. The smallest absolute Gasteiger partial charge is 0.368 e. The Bertz CT molecular complexity index is 1580. The zero-order valence-electron chi connectivity index (χ0n) is 20.9. The fourth-order valence-corrected chi connectivity index (χ4v) is 6.16. The van der Waals surface area contributed by atoms with Crippen LogP contribution in [0.3, 0.4) is 0 Å². The van der Waals surface area contributed by atoms with Crippen molar-refractivity contribution in [3.8, 4) is 0 Å². The maximum Gasteiger partial charge on any atom is 0.511 e. The number of anilines is 2. The van der Waals surface area contributed by atoms with Gasteiger partial charge in [0.25, 0.3) is 0 Å². The van der Waals surface area contributed by atoms with Gasteiger partial charge in [0.1, 0.15) is 5.82 Å². The number of nitrogens with zero attached hydrogens (tertiary/aromatic N) is 3. The molecule has 1 aliphatic rings. The van der Waals surface area contributed by atoms with Crippen LogP contribution in [0.2, 0.25) is 10.0 Å². The van der Waals surface area contributed by atoms with Crippen molar-refractivity contribution in [1.82, 2.24) is 14.3 Å². The van der Waals surface area contributed by atoms with E-state index in [0.717, 1.165) is 16.7 Å². The van der Waals surface area contributed by atoms with Crippen LogP contribution in [0.4, 0.5) is 24.9 Å². The van der Waals surface area contributed by atoms with Crippen molar-refractivity contribution in [1.29, 1.82) is 0 Å². The first-order chi connectivity index (χ1) is 18.9. The number of fused-ring (bicyclic) bond motifs is 1. The molecule has 0 radical (unpaired) electrons. The zero-order valence-corrected chi connectivity index (χ0v) is 23.2. The lowest BCUT2D eigenvalue weighted by Crippen LogP contribution is -2.47. The van der Waals surface area contributed by atoms with Gasteiger partial charge in [-0.05, 0) is 65.9 Å². The average molecular weight is 610 g/mol. The third kappa shape index (κ3) is 5.83. The minimum absolute atomic E-state index is 0.0341. The number of benzene rings is 3. The molecular weight excluding hydrogens is 586 g/mol. The number of nitrogens with two attached hydrogens (primary N) is 1. The van der Waals surface area contributed by atoms with E-state index in [-0.39, 0.29) is 43.8 Å². The number of piperidine rings is 1. The molecule has 13 heteroatoms. The second-order valence-corrected chi connectivity index (χ2v) is 12.3. The number of halogens is 5. The highest BCUT2D eigenvalue weighted by Gasteiger charge is 2.50. The molecule has 0 unspecified atom stereocenters. The zero-order chi connectivity index (χ0) is 28.7. The van der Waals surface area contributed by atoms with Crippen LogP contribution in [0, 0.1) is 0 Å². The van der Waals surface area contributed by atoms with Crippen molar-refractivity contribution in [3.05, 3.63) is 93.5 Å². The van der Waals surface area contributed by atoms with E-state index in [0.29, 0.717) is 31.1 Å². The Morgan fingerprint density at radius 2 is 1.40 bits per heavy atom. The van der Waals surface area contributed by atoms with Crippen molar-refractivity contribution >= 4 is 55.9 Å². The summed E-state index contributed by atoms with van der Waals surface area (Å²) in [6.07, 6.45) is 0.331. The molecule has 5 rings (SSSR count). The molecule has 1 aliphatic heterocycles. The average Bonchev–Trinajstić information content (AvgIpc) is 2.91. The van der Waals surface area contributed by atoms with Crippen LogP contribution < -0.4 is 11.1 Å². The molecule has 1 fully saturated rings. The number of nitrogen functional groups attached to an aromatic ring is 1. The lowest BCUT2D eigenvalue weighted by molar-refractivity contribution is -0.0494. The second kappa shape index (κ2) is 11.0. The minimum Gasteiger partial charge on any atom is -0.368 e. The number of alkyl halides is 3. The summed E-state index contributed by atoms with van der Waals surface area (Å²) in [6.45, 7) is -0.531. The van der Waals surface area contributed by atoms with Gasteiger partial charge in [-0.3, -0.25) is 0 Å². The maximum absolute atomic E-state index is 13.0. The van der Waals surface area contributed by atoms with Gasteiger partial charge in [0.15, 0.2) is 0 Å². The monoisotopic (exact) mass is 609 g/mol. The van der Waals surface area contributed by atoms with Gasteiger partial charge in [-0.1, -0.05) is 53.5 Å². The van der Waals surface area contributed by atoms with Gasteiger partial charge in [-0.15, -0.1) is 0 Å². The Labute approximate surface area is 239 Å². The van der Waals surface area contributed by atoms with Crippen LogP contribution in [0.5, 0.6) is 0 Å². The molecule has 3 N–H and O–H groups in total. The molecule has 4 aromatic rings. The van der Waals surface area contributed by atoms with E-state index in [1.807, 2.05) is 66.7 Å². The van der Waals surface area contributed by atoms with Crippen molar-refractivity contribution < 1.29 is 21.6 Å². The quantitative estimate of drug-likeness (QED) is 0.244. The third-order valence-electron chi connectivity index (χ3n) is 6.90. The lowest BCUT2D eigenvalue weighted by Gasteiger charge is -2.32. The highest BCUT2D eigenvalue weighted by Crippen LogP contribution is 2.36. The van der Waals surface area contributed by atoms with Gasteiger partial charge >= 0.3 is 15.5 Å². The molecule has 0 atom stereocenters. The van der Waals surface area contributed by atoms with Crippen molar-refractivity contribution in [2.75, 3.05) is 24.1 Å². The fourth-order valence-electron chi connectivity index (χ4n) is 4.92. The van der Waals surface area contributed by atoms with Gasteiger partial charge in [0.05, 0.1) is 5.52 Å². The number of rotatable bonds is 6. The summed E-state index contributed by atoms with van der Waals surface area (Å²) >= 11 is 12.3. The van der Waals surface area contributed by atoms with Gasteiger partial charge in [0.2, 0.25) is 5.95 Å². The van der Waals surface area contributed by atoms with Crippen LogP contribution >= 0.6 is 23.2 Å². The minimum atomic E-state index is -5.37. The van der Waals surface area contributed by atoms with Gasteiger partial charge in [-0.2, -0.15) is 22.5 Å². The molecule has 0 spiro atoms. The van der Waals surface area contributed by atoms with E-state index in [1.54, 1.807) is 0 Å². The highest BCUT2D eigenvalue weighted by molar-refractivity contribution is 7.90. The lowest BCUT2D eigenvalue weighted by atomic mass is 9.84. The number of sulfonamides is 1. The van der Waals surface area contributed by atoms with Gasteiger partial charge in [0, 0.05) is 40.5 Å². The van der Waals surface area contributed by atoms with E-state index in [4.69, 9.17) is 28.9 Å². The summed E-state index contributed by atoms with van der Waals surface area (Å²) in [6, 6.07) is 20.5. The molecular formula is C27H24Cl2F3N5O2S. The molecule has 7 nitrogen and oxygen atoms in total. The number of aromatic nitrogens is 2. The molecule has 1 aromatic heterocycles. The Morgan fingerprint density at radius 3 is 1.93 bits per heavy atom. The third-order valence-corrected chi connectivity index (χ3v) is 9.04. The van der Waals surface area contributed by atoms with Crippen LogP contribution in [0.15, 0.2) is 66.7 Å². The SMILES string of the molecule is Nc1nc(NC2CCN(S(=O)(=O)C(F)(F)F)CC2)c2cc(C(c3ccc(Cl)cc3)c3ccc(Cl)cc3)ccc2n1. The predicted molar refractivity (Wildman–Crippen MR) is 151 cm³/mol. The number of hydrogen-bond donors (Lipinski definition) is 2. The van der Waals surface area contributed by atoms with Gasteiger partial charge in [-0.25, -0.2) is 13.4 Å². The summed E-state index contributed by atoms with van der Waals surface area (Å²) in [5.74, 6) is 0.277. The molecule has 1 saturated heterocycles. The topological polar surface area (TPSA) is 101 Å². The van der Waals surface area contributed by atoms with Gasteiger partial charge < -0.3 is 11.1 Å². The maximum atomic E-state index is 13.0. The molecule has 210 valence electrons. The Hall–Kier alpha value is -3.12. The van der Waals surface area contributed by atoms with E-state index < -0.39 is 15.5 Å². The highest BCUT2D eigenvalue weighted by atomic mass is 35.5. The van der Waals surface area contributed by atoms with Crippen LogP contribution in [0.25, 0.3) is 10.9 Å². The Morgan fingerprint density at radius 1 is 0.875 bits per heavy atom. The summed E-state index contributed by atoms with van der Waals surface area (Å²) in [4.78, 5) is 8.73. The Balaban J connectivity index is 1.48. The normalized spacial score (nSPS) is 15.6.